The summed E-state index contributed by atoms with van der Waals surface area (Å²) >= 11 is 3.65. The molecule has 2 rings (SSSR count). The van der Waals surface area contributed by atoms with Crippen LogP contribution < -0.4 is 4.72 Å². The van der Waals surface area contributed by atoms with Crippen LogP contribution >= 0.6 is 15.9 Å². The minimum atomic E-state index is -3.42. The average Bonchev–Trinajstić information content (AvgIpc) is 2.39. The molecule has 0 unspecified atom stereocenters. The number of aryl methyl sites for hydroxylation is 1. The molecule has 5 heteroatoms. The van der Waals surface area contributed by atoms with E-state index >= 15 is 0 Å². The maximum Gasteiger partial charge on any atom is 0.240 e. The quantitative estimate of drug-likeness (QED) is 0.835. The molecule has 0 aliphatic heterocycles. The zero-order valence-corrected chi connectivity index (χ0v) is 14.2. The average molecular weight is 360 g/mol. The Bertz CT molecular complexity index is 527. The fraction of sp³-hybridized carbons (Fsp3) is 0.600. The molecule has 1 aliphatic rings. The molecule has 1 aromatic carbocycles. The third kappa shape index (κ3) is 4.30. The Kier molecular flexibility index (Phi) is 5.64. The van der Waals surface area contributed by atoms with Gasteiger partial charge in [-0.2, -0.15) is 0 Å². The number of hydrogen-bond donors (Lipinski definition) is 1. The molecule has 1 saturated carbocycles. The Morgan fingerprint density at radius 3 is 2.30 bits per heavy atom. The molecule has 0 radical (unpaired) electrons. The monoisotopic (exact) mass is 359 g/mol. The largest absolute Gasteiger partial charge is 0.240 e. The highest BCUT2D eigenvalue weighted by molar-refractivity contribution is 9.09. The third-order valence-electron chi connectivity index (χ3n) is 3.82. The summed E-state index contributed by atoms with van der Waals surface area (Å²) in [5.41, 5.74) is 1.06. The van der Waals surface area contributed by atoms with Crippen molar-refractivity contribution in [2.45, 2.75) is 61.2 Å². The van der Waals surface area contributed by atoms with Crippen molar-refractivity contribution >= 4 is 26.0 Å². The van der Waals surface area contributed by atoms with Crippen molar-refractivity contribution in [3.63, 3.8) is 0 Å². The number of hydrogen-bond acceptors (Lipinski definition) is 2. The Morgan fingerprint density at radius 2 is 1.65 bits per heavy atom. The summed E-state index contributed by atoms with van der Waals surface area (Å²) < 4.78 is 27.7. The normalized spacial score (nSPS) is 24.9. The minimum Gasteiger partial charge on any atom is -0.207 e. The fourth-order valence-electron chi connectivity index (χ4n) is 2.56. The first-order valence-electron chi connectivity index (χ1n) is 7.22. The molecule has 1 aliphatic carbocycles. The van der Waals surface area contributed by atoms with Gasteiger partial charge in [0.05, 0.1) is 4.90 Å². The molecule has 0 bridgehead atoms. The van der Waals surface area contributed by atoms with Gasteiger partial charge in [0.25, 0.3) is 0 Å². The minimum absolute atomic E-state index is 0.0124. The summed E-state index contributed by atoms with van der Waals surface area (Å²) in [4.78, 5) is 0.577. The van der Waals surface area contributed by atoms with E-state index in [0.29, 0.717) is 4.90 Å². The first-order chi connectivity index (χ1) is 9.49. The van der Waals surface area contributed by atoms with Gasteiger partial charge in [0.1, 0.15) is 0 Å². The lowest BCUT2D eigenvalue weighted by molar-refractivity contribution is 0.439. The molecular formula is C15H22BrNO2S. The van der Waals surface area contributed by atoms with Crippen molar-refractivity contribution < 1.29 is 8.42 Å². The van der Waals surface area contributed by atoms with Crippen LogP contribution in [0.1, 0.15) is 44.1 Å². The molecule has 0 amide bonds. The second kappa shape index (κ2) is 7.05. The second-order valence-electron chi connectivity index (χ2n) is 5.55. The standard InChI is InChI=1S/C15H22BrNO2S/c1-12-8-10-13(11-9-12)20(18,19)17-15-7-5-3-2-4-6-14(15)16/h8-11,14-15,17H,2-7H2,1H3/t14-,15-/m0/s1. The van der Waals surface area contributed by atoms with E-state index in [1.165, 1.54) is 19.3 Å². The number of benzene rings is 1. The summed E-state index contributed by atoms with van der Waals surface area (Å²) in [5, 5.41) is 0. The molecule has 20 heavy (non-hydrogen) atoms. The molecule has 0 heterocycles. The molecule has 0 saturated heterocycles. The van der Waals surface area contributed by atoms with Gasteiger partial charge in [-0.3, -0.25) is 0 Å². The van der Waals surface area contributed by atoms with Crippen molar-refractivity contribution in [3.05, 3.63) is 29.8 Å². The van der Waals surface area contributed by atoms with Crippen LogP contribution in [-0.2, 0) is 10.0 Å². The highest BCUT2D eigenvalue weighted by atomic mass is 79.9. The Balaban J connectivity index is 2.11. The van der Waals surface area contributed by atoms with Gasteiger partial charge >= 0.3 is 0 Å². The van der Waals surface area contributed by atoms with Crippen LogP contribution in [0, 0.1) is 6.92 Å². The van der Waals surface area contributed by atoms with Crippen LogP contribution in [0.4, 0.5) is 0 Å². The van der Waals surface area contributed by atoms with Gasteiger partial charge in [0.15, 0.2) is 0 Å². The van der Waals surface area contributed by atoms with Gasteiger partial charge in [0.2, 0.25) is 10.0 Å². The molecule has 3 nitrogen and oxygen atoms in total. The van der Waals surface area contributed by atoms with E-state index in [1.54, 1.807) is 12.1 Å². The van der Waals surface area contributed by atoms with Crippen LogP contribution in [0.5, 0.6) is 0 Å². The molecular weight excluding hydrogens is 338 g/mol. The molecule has 0 aromatic heterocycles. The Hall–Kier alpha value is -0.390. The molecule has 1 N–H and O–H groups in total. The molecule has 0 spiro atoms. The first kappa shape index (κ1) is 16.0. The van der Waals surface area contributed by atoms with E-state index in [-0.39, 0.29) is 10.9 Å². The van der Waals surface area contributed by atoms with E-state index < -0.39 is 10.0 Å². The number of nitrogens with one attached hydrogen (secondary N) is 1. The molecule has 1 aromatic rings. The summed E-state index contributed by atoms with van der Waals surface area (Å²) in [6, 6.07) is 6.99. The Labute approximate surface area is 130 Å². The number of halogens is 1. The Morgan fingerprint density at radius 1 is 1.05 bits per heavy atom. The van der Waals surface area contributed by atoms with Gasteiger partial charge in [-0.15, -0.1) is 0 Å². The molecule has 2 atom stereocenters. The van der Waals surface area contributed by atoms with E-state index in [0.717, 1.165) is 24.8 Å². The maximum absolute atomic E-state index is 12.4. The van der Waals surface area contributed by atoms with E-state index in [2.05, 4.69) is 20.7 Å². The number of sulfonamides is 1. The van der Waals surface area contributed by atoms with Crippen LogP contribution in [0.3, 0.4) is 0 Å². The highest BCUT2D eigenvalue weighted by Crippen LogP contribution is 2.24. The summed E-state index contributed by atoms with van der Waals surface area (Å²) in [6.07, 6.45) is 6.63. The summed E-state index contributed by atoms with van der Waals surface area (Å²) in [6.45, 7) is 1.95. The topological polar surface area (TPSA) is 46.2 Å². The highest BCUT2D eigenvalue weighted by Gasteiger charge is 2.26. The third-order valence-corrected chi connectivity index (χ3v) is 6.42. The zero-order chi connectivity index (χ0) is 14.6. The van der Waals surface area contributed by atoms with E-state index in [1.807, 2.05) is 19.1 Å². The first-order valence-corrected chi connectivity index (χ1v) is 9.62. The van der Waals surface area contributed by atoms with Crippen molar-refractivity contribution in [2.75, 3.05) is 0 Å². The van der Waals surface area contributed by atoms with Gasteiger partial charge in [-0.05, 0) is 31.9 Å². The van der Waals surface area contributed by atoms with E-state index in [9.17, 15) is 8.42 Å². The van der Waals surface area contributed by atoms with Crippen molar-refractivity contribution in [1.82, 2.24) is 4.72 Å². The lowest BCUT2D eigenvalue weighted by Gasteiger charge is -2.26. The van der Waals surface area contributed by atoms with Crippen LogP contribution in [0.2, 0.25) is 0 Å². The van der Waals surface area contributed by atoms with Crippen molar-refractivity contribution in [3.8, 4) is 0 Å². The van der Waals surface area contributed by atoms with Crippen molar-refractivity contribution in [2.24, 2.45) is 0 Å². The number of rotatable bonds is 3. The zero-order valence-electron chi connectivity index (χ0n) is 11.8. The predicted octanol–water partition coefficient (Wildman–Crippen LogP) is 3.76. The SMILES string of the molecule is Cc1ccc(S(=O)(=O)N[C@H]2CCCCCC[C@@H]2Br)cc1. The fourth-order valence-corrected chi connectivity index (χ4v) is 4.76. The lowest BCUT2D eigenvalue weighted by Crippen LogP contribution is -2.41. The smallest absolute Gasteiger partial charge is 0.207 e. The van der Waals surface area contributed by atoms with E-state index in [4.69, 9.17) is 0 Å². The lowest BCUT2D eigenvalue weighted by atomic mass is 9.97. The van der Waals surface area contributed by atoms with Crippen molar-refractivity contribution in [1.29, 1.82) is 0 Å². The van der Waals surface area contributed by atoms with Gasteiger partial charge in [-0.25, -0.2) is 13.1 Å². The maximum atomic E-state index is 12.4. The predicted molar refractivity (Wildman–Crippen MR) is 85.7 cm³/mol. The van der Waals surface area contributed by atoms with Gasteiger partial charge < -0.3 is 0 Å². The summed E-state index contributed by atoms with van der Waals surface area (Å²) in [5.74, 6) is 0. The van der Waals surface area contributed by atoms with Gasteiger partial charge in [0, 0.05) is 10.9 Å². The second-order valence-corrected chi connectivity index (χ2v) is 8.44. The summed E-state index contributed by atoms with van der Waals surface area (Å²) in [7, 11) is -3.42. The molecule has 1 fully saturated rings. The van der Waals surface area contributed by atoms with Crippen LogP contribution in [0.25, 0.3) is 0 Å². The number of alkyl halides is 1. The van der Waals surface area contributed by atoms with Crippen LogP contribution in [0.15, 0.2) is 29.2 Å². The van der Waals surface area contributed by atoms with Gasteiger partial charge in [-0.1, -0.05) is 59.3 Å². The molecule has 112 valence electrons. The van der Waals surface area contributed by atoms with Crippen LogP contribution in [-0.4, -0.2) is 19.3 Å².